The summed E-state index contributed by atoms with van der Waals surface area (Å²) in [6.07, 6.45) is 2.54. The Morgan fingerprint density at radius 2 is 2.00 bits per heavy atom. The summed E-state index contributed by atoms with van der Waals surface area (Å²) in [6, 6.07) is 7.68. The first-order valence-corrected chi connectivity index (χ1v) is 9.09. The zero-order chi connectivity index (χ0) is 18.5. The lowest BCUT2D eigenvalue weighted by Crippen LogP contribution is -2.32. The fourth-order valence-electron chi connectivity index (χ4n) is 3.35. The minimum Gasteiger partial charge on any atom is -0.355 e. The van der Waals surface area contributed by atoms with Crippen LogP contribution >= 0.6 is 0 Å². The summed E-state index contributed by atoms with van der Waals surface area (Å²) >= 11 is 0. The Bertz CT molecular complexity index is 955. The first-order valence-electron chi connectivity index (χ1n) is 9.09. The number of hydrogen-bond donors (Lipinski definition) is 2. The van der Waals surface area contributed by atoms with Crippen molar-refractivity contribution < 1.29 is 4.79 Å². The van der Waals surface area contributed by atoms with Gasteiger partial charge in [-0.05, 0) is 32.1 Å². The normalized spacial score (nSPS) is 11.5. The molecule has 3 rings (SSSR count). The lowest BCUT2D eigenvalue weighted by Gasteiger charge is -2.17. The van der Waals surface area contributed by atoms with Gasteiger partial charge in [0.1, 0.15) is 12.1 Å². The minimum absolute atomic E-state index is 0.0941. The Labute approximate surface area is 152 Å². The molecule has 0 radical (unpaired) electrons. The number of carbonyl (C=O) groups is 1. The van der Waals surface area contributed by atoms with Crippen molar-refractivity contribution >= 4 is 27.7 Å². The van der Waals surface area contributed by atoms with Crippen LogP contribution < -0.4 is 10.9 Å². The molecule has 138 valence electrons. The summed E-state index contributed by atoms with van der Waals surface area (Å²) in [5.41, 5.74) is 1.06. The molecule has 0 aliphatic heterocycles. The van der Waals surface area contributed by atoms with E-state index in [0.29, 0.717) is 12.1 Å². The Morgan fingerprint density at radius 1 is 1.23 bits per heavy atom. The highest BCUT2D eigenvalue weighted by Gasteiger charge is 2.15. The lowest BCUT2D eigenvalue weighted by molar-refractivity contribution is -0.121. The fourth-order valence-corrected chi connectivity index (χ4v) is 3.35. The maximum absolute atomic E-state index is 12.4. The van der Waals surface area contributed by atoms with Crippen LogP contribution in [-0.2, 0) is 11.3 Å². The molecular formula is C19H25N5O2. The van der Waals surface area contributed by atoms with E-state index in [1.165, 1.54) is 0 Å². The molecule has 0 aliphatic carbocycles. The second kappa shape index (κ2) is 8.14. The number of fused-ring (bicyclic) bond motifs is 3. The third kappa shape index (κ3) is 3.62. The largest absolute Gasteiger partial charge is 0.355 e. The van der Waals surface area contributed by atoms with Gasteiger partial charge in [0.05, 0.1) is 6.20 Å². The molecule has 0 unspecified atom stereocenters. The summed E-state index contributed by atoms with van der Waals surface area (Å²) in [7, 11) is 0. The van der Waals surface area contributed by atoms with E-state index in [9.17, 15) is 9.59 Å². The van der Waals surface area contributed by atoms with E-state index in [4.69, 9.17) is 0 Å². The molecule has 0 fully saturated rings. The predicted octanol–water partition coefficient (Wildman–Crippen LogP) is 1.73. The summed E-state index contributed by atoms with van der Waals surface area (Å²) < 4.78 is 1.77. The van der Waals surface area contributed by atoms with Crippen LogP contribution in [0.1, 0.15) is 20.3 Å². The molecule has 0 atom stereocenters. The molecule has 0 saturated carbocycles. The molecular weight excluding hydrogens is 330 g/mol. The number of benzene rings is 1. The van der Waals surface area contributed by atoms with E-state index < -0.39 is 0 Å². The van der Waals surface area contributed by atoms with Crippen LogP contribution in [0.4, 0.5) is 0 Å². The summed E-state index contributed by atoms with van der Waals surface area (Å²) in [6.45, 7) is 8.01. The van der Waals surface area contributed by atoms with Gasteiger partial charge in [0, 0.05) is 22.8 Å². The predicted molar refractivity (Wildman–Crippen MR) is 103 cm³/mol. The zero-order valence-corrected chi connectivity index (χ0v) is 15.3. The van der Waals surface area contributed by atoms with Gasteiger partial charge < -0.3 is 14.8 Å². The van der Waals surface area contributed by atoms with Crippen LogP contribution in [0, 0.1) is 0 Å². The van der Waals surface area contributed by atoms with Crippen molar-refractivity contribution in [1.29, 1.82) is 0 Å². The maximum atomic E-state index is 12.4. The van der Waals surface area contributed by atoms with Crippen LogP contribution in [0.2, 0.25) is 0 Å². The fraction of sp³-hybridized carbons (Fsp3) is 0.421. The molecule has 7 nitrogen and oxygen atoms in total. The molecule has 3 aromatic rings. The number of aromatic amines is 1. The Morgan fingerprint density at radius 3 is 2.77 bits per heavy atom. The van der Waals surface area contributed by atoms with Gasteiger partial charge in [-0.1, -0.05) is 32.0 Å². The van der Waals surface area contributed by atoms with E-state index >= 15 is 0 Å². The Balaban J connectivity index is 1.76. The van der Waals surface area contributed by atoms with E-state index in [-0.39, 0.29) is 18.0 Å². The van der Waals surface area contributed by atoms with Gasteiger partial charge in [-0.25, -0.2) is 5.10 Å². The lowest BCUT2D eigenvalue weighted by atomic mass is 10.2. The third-order valence-electron chi connectivity index (χ3n) is 4.75. The van der Waals surface area contributed by atoms with E-state index in [2.05, 4.69) is 34.3 Å². The average Bonchev–Trinajstić information content (AvgIpc) is 2.97. The average molecular weight is 355 g/mol. The second-order valence-corrected chi connectivity index (χ2v) is 6.30. The Kier molecular flexibility index (Phi) is 5.68. The van der Waals surface area contributed by atoms with Gasteiger partial charge in [-0.3, -0.25) is 9.59 Å². The van der Waals surface area contributed by atoms with Crippen molar-refractivity contribution in [2.24, 2.45) is 0 Å². The third-order valence-corrected chi connectivity index (χ3v) is 4.75. The summed E-state index contributed by atoms with van der Waals surface area (Å²) in [4.78, 5) is 27.0. The number of hydrogen-bond acceptors (Lipinski definition) is 4. The number of carbonyl (C=O) groups excluding carboxylic acids is 1. The van der Waals surface area contributed by atoms with Gasteiger partial charge in [0.25, 0.3) is 5.56 Å². The number of aromatic nitrogens is 3. The van der Waals surface area contributed by atoms with Crippen molar-refractivity contribution in [2.45, 2.75) is 26.8 Å². The van der Waals surface area contributed by atoms with Gasteiger partial charge in [0.15, 0.2) is 0 Å². The van der Waals surface area contributed by atoms with Gasteiger partial charge >= 0.3 is 0 Å². The van der Waals surface area contributed by atoms with Crippen molar-refractivity contribution in [1.82, 2.24) is 25.0 Å². The van der Waals surface area contributed by atoms with Crippen LogP contribution in [0.25, 0.3) is 21.8 Å². The molecule has 0 saturated heterocycles. The molecule has 1 amide bonds. The molecule has 0 spiro atoms. The van der Waals surface area contributed by atoms with Crippen LogP contribution in [0.15, 0.2) is 35.3 Å². The summed E-state index contributed by atoms with van der Waals surface area (Å²) in [5.74, 6) is -0.0941. The topological polar surface area (TPSA) is 83.0 Å². The van der Waals surface area contributed by atoms with Crippen LogP contribution in [0.5, 0.6) is 0 Å². The number of nitrogens with one attached hydrogen (secondary N) is 2. The highest BCUT2D eigenvalue weighted by molar-refractivity contribution is 6.07. The van der Waals surface area contributed by atoms with E-state index in [1.54, 1.807) is 10.8 Å². The molecule has 0 bridgehead atoms. The second-order valence-electron chi connectivity index (χ2n) is 6.30. The molecule has 7 heteroatoms. The van der Waals surface area contributed by atoms with Crippen molar-refractivity contribution in [3.63, 3.8) is 0 Å². The molecule has 1 aromatic carbocycles. The zero-order valence-electron chi connectivity index (χ0n) is 15.3. The smallest absolute Gasteiger partial charge is 0.288 e. The number of rotatable bonds is 8. The monoisotopic (exact) mass is 355 g/mol. The Hall–Kier alpha value is -2.67. The maximum Gasteiger partial charge on any atom is 0.288 e. The molecule has 26 heavy (non-hydrogen) atoms. The van der Waals surface area contributed by atoms with E-state index in [0.717, 1.165) is 42.3 Å². The highest BCUT2D eigenvalue weighted by atomic mass is 16.2. The first kappa shape index (κ1) is 18.1. The molecule has 2 heterocycles. The van der Waals surface area contributed by atoms with Gasteiger partial charge in [-0.2, -0.15) is 5.10 Å². The molecule has 2 N–H and O–H groups in total. The van der Waals surface area contributed by atoms with E-state index in [1.807, 2.05) is 24.3 Å². The molecule has 0 aliphatic rings. The first-order chi connectivity index (χ1) is 12.7. The quantitative estimate of drug-likeness (QED) is 0.603. The highest BCUT2D eigenvalue weighted by Crippen LogP contribution is 2.25. The number of amides is 1. The summed E-state index contributed by atoms with van der Waals surface area (Å²) in [5, 5.41) is 11.0. The van der Waals surface area contributed by atoms with Crippen molar-refractivity contribution in [2.75, 3.05) is 26.2 Å². The van der Waals surface area contributed by atoms with Gasteiger partial charge in [0.2, 0.25) is 5.91 Å². The number of para-hydroxylation sites is 1. The van der Waals surface area contributed by atoms with Crippen LogP contribution in [0.3, 0.4) is 0 Å². The number of H-pyrrole nitrogens is 1. The standard InChI is InChI=1S/C19H25N5O2/c1-3-23(4-2)11-7-10-20-17(25)13-24-16-9-6-5-8-14(16)15-12-21-22-19(26)18(15)24/h5-6,8-9,12H,3-4,7,10-11,13H2,1-2H3,(H,20,25)(H,22,26). The SMILES string of the molecule is CCN(CC)CCCNC(=O)Cn1c2ccccc2c2cn[nH]c(=O)c21. The van der Waals surface area contributed by atoms with Crippen molar-refractivity contribution in [3.05, 3.63) is 40.8 Å². The van der Waals surface area contributed by atoms with Crippen LogP contribution in [-0.4, -0.2) is 51.8 Å². The van der Waals surface area contributed by atoms with Crippen molar-refractivity contribution in [3.8, 4) is 0 Å². The molecule has 2 aromatic heterocycles. The minimum atomic E-state index is -0.284. The van der Waals surface area contributed by atoms with Gasteiger partial charge in [-0.15, -0.1) is 0 Å². The number of nitrogens with zero attached hydrogens (tertiary/aromatic N) is 3.